The van der Waals surface area contributed by atoms with Gasteiger partial charge >= 0.3 is 0 Å². The quantitative estimate of drug-likeness (QED) is 0.872. The van der Waals surface area contributed by atoms with E-state index in [4.69, 9.17) is 11.6 Å². The van der Waals surface area contributed by atoms with Crippen molar-refractivity contribution in [2.75, 3.05) is 0 Å². The summed E-state index contributed by atoms with van der Waals surface area (Å²) in [5, 5.41) is 14.7. The van der Waals surface area contributed by atoms with Crippen LogP contribution in [0.15, 0.2) is 24.3 Å². The average Bonchev–Trinajstić information content (AvgIpc) is 2.39. The number of piperidine rings is 1. The Hall–Kier alpha value is -0.570. The molecule has 2 nitrogen and oxygen atoms in total. The van der Waals surface area contributed by atoms with Crippen LogP contribution in [0.25, 0.3) is 0 Å². The van der Waals surface area contributed by atoms with E-state index in [1.807, 2.05) is 24.3 Å². The van der Waals surface area contributed by atoms with E-state index in [2.05, 4.69) is 12.2 Å². The number of halogens is 1. The minimum absolute atomic E-state index is 0.161. The van der Waals surface area contributed by atoms with Crippen LogP contribution in [0.3, 0.4) is 0 Å². The molecule has 3 heteroatoms. The molecule has 2 rings (SSSR count). The van der Waals surface area contributed by atoms with Gasteiger partial charge in [-0.3, -0.25) is 0 Å². The van der Waals surface area contributed by atoms with Crippen molar-refractivity contribution in [1.82, 2.24) is 5.32 Å². The molecule has 0 saturated carbocycles. The maximum absolute atomic E-state index is 10.4. The van der Waals surface area contributed by atoms with Crippen molar-refractivity contribution < 1.29 is 5.11 Å². The van der Waals surface area contributed by atoms with E-state index in [0.717, 1.165) is 12.0 Å². The molecule has 100 valence electrons. The molecule has 3 atom stereocenters. The summed E-state index contributed by atoms with van der Waals surface area (Å²) in [5.74, 6) is 0. The van der Waals surface area contributed by atoms with Gasteiger partial charge in [-0.2, -0.15) is 0 Å². The van der Waals surface area contributed by atoms with Crippen molar-refractivity contribution in [3.63, 3.8) is 0 Å². The fourth-order valence-corrected chi connectivity index (χ4v) is 3.00. The van der Waals surface area contributed by atoms with E-state index in [0.29, 0.717) is 11.1 Å². The Morgan fingerprint density at radius 2 is 2.28 bits per heavy atom. The lowest BCUT2D eigenvalue weighted by Crippen LogP contribution is -2.45. The SMILES string of the molecule is CCCC1CCCC([C@@H](O)c2cccc(Cl)c2)N1. The molecule has 1 saturated heterocycles. The van der Waals surface area contributed by atoms with Crippen LogP contribution in [0.1, 0.15) is 50.7 Å². The molecule has 2 unspecified atom stereocenters. The van der Waals surface area contributed by atoms with Gasteiger partial charge in [0.1, 0.15) is 0 Å². The molecule has 1 aromatic rings. The van der Waals surface area contributed by atoms with Crippen molar-refractivity contribution in [2.45, 2.75) is 57.2 Å². The van der Waals surface area contributed by atoms with E-state index in [1.54, 1.807) is 0 Å². The Morgan fingerprint density at radius 3 is 3.00 bits per heavy atom. The third-order valence-corrected chi connectivity index (χ3v) is 3.96. The van der Waals surface area contributed by atoms with Gasteiger partial charge in [0.25, 0.3) is 0 Å². The minimum atomic E-state index is -0.455. The van der Waals surface area contributed by atoms with Crippen molar-refractivity contribution in [2.24, 2.45) is 0 Å². The average molecular weight is 268 g/mol. The van der Waals surface area contributed by atoms with Crippen LogP contribution in [-0.4, -0.2) is 17.2 Å². The lowest BCUT2D eigenvalue weighted by molar-refractivity contribution is 0.0998. The van der Waals surface area contributed by atoms with E-state index in [-0.39, 0.29) is 6.04 Å². The van der Waals surface area contributed by atoms with Gasteiger partial charge in [0.05, 0.1) is 6.10 Å². The summed E-state index contributed by atoms with van der Waals surface area (Å²) in [6.07, 6.45) is 5.39. The van der Waals surface area contributed by atoms with E-state index < -0.39 is 6.10 Å². The summed E-state index contributed by atoms with van der Waals surface area (Å²) < 4.78 is 0. The largest absolute Gasteiger partial charge is 0.387 e. The van der Waals surface area contributed by atoms with Gasteiger partial charge < -0.3 is 10.4 Å². The van der Waals surface area contributed by atoms with Crippen molar-refractivity contribution in [3.05, 3.63) is 34.9 Å². The highest BCUT2D eigenvalue weighted by molar-refractivity contribution is 6.30. The van der Waals surface area contributed by atoms with Gasteiger partial charge in [-0.15, -0.1) is 0 Å². The second kappa shape index (κ2) is 6.55. The van der Waals surface area contributed by atoms with Crippen molar-refractivity contribution in [1.29, 1.82) is 0 Å². The number of hydrogen-bond acceptors (Lipinski definition) is 2. The lowest BCUT2D eigenvalue weighted by Gasteiger charge is -2.34. The smallest absolute Gasteiger partial charge is 0.0943 e. The number of rotatable bonds is 4. The summed E-state index contributed by atoms with van der Waals surface area (Å²) >= 11 is 5.97. The predicted molar refractivity (Wildman–Crippen MR) is 75.9 cm³/mol. The van der Waals surface area contributed by atoms with Crippen molar-refractivity contribution >= 4 is 11.6 Å². The van der Waals surface area contributed by atoms with Crippen LogP contribution in [0.2, 0.25) is 5.02 Å². The Balaban J connectivity index is 2.02. The number of aliphatic hydroxyl groups is 1. The monoisotopic (exact) mass is 267 g/mol. The van der Waals surface area contributed by atoms with Gasteiger partial charge in [0.15, 0.2) is 0 Å². The van der Waals surface area contributed by atoms with E-state index in [1.165, 1.54) is 25.7 Å². The van der Waals surface area contributed by atoms with E-state index >= 15 is 0 Å². The van der Waals surface area contributed by atoms with Crippen LogP contribution < -0.4 is 5.32 Å². The second-order valence-corrected chi connectivity index (χ2v) is 5.63. The molecule has 0 aliphatic carbocycles. The van der Waals surface area contributed by atoms with E-state index in [9.17, 15) is 5.11 Å². The molecule has 0 radical (unpaired) electrons. The fourth-order valence-electron chi connectivity index (χ4n) is 2.80. The van der Waals surface area contributed by atoms with Crippen LogP contribution in [0, 0.1) is 0 Å². The topological polar surface area (TPSA) is 32.3 Å². The van der Waals surface area contributed by atoms with Gasteiger partial charge in [-0.25, -0.2) is 0 Å². The second-order valence-electron chi connectivity index (χ2n) is 5.19. The molecule has 0 spiro atoms. The number of hydrogen-bond donors (Lipinski definition) is 2. The first-order chi connectivity index (χ1) is 8.70. The number of aliphatic hydroxyl groups excluding tert-OH is 1. The highest BCUT2D eigenvalue weighted by atomic mass is 35.5. The summed E-state index contributed by atoms with van der Waals surface area (Å²) in [4.78, 5) is 0. The Labute approximate surface area is 114 Å². The lowest BCUT2D eigenvalue weighted by atomic mass is 9.90. The molecule has 1 aromatic carbocycles. The standard InChI is InChI=1S/C15H22ClNO/c1-2-5-13-8-4-9-14(17-13)15(18)11-6-3-7-12(16)10-11/h3,6-7,10,13-15,17-18H,2,4-5,8-9H2,1H3/t13?,14?,15-/m0/s1. The maximum Gasteiger partial charge on any atom is 0.0943 e. The zero-order valence-electron chi connectivity index (χ0n) is 10.9. The van der Waals surface area contributed by atoms with Gasteiger partial charge in [-0.05, 0) is 37.0 Å². The van der Waals surface area contributed by atoms with Crippen LogP contribution in [-0.2, 0) is 0 Å². The van der Waals surface area contributed by atoms with Crippen LogP contribution >= 0.6 is 11.6 Å². The summed E-state index contributed by atoms with van der Waals surface area (Å²) in [6.45, 7) is 2.21. The summed E-state index contributed by atoms with van der Waals surface area (Å²) in [7, 11) is 0. The zero-order valence-corrected chi connectivity index (χ0v) is 11.7. The van der Waals surface area contributed by atoms with Crippen LogP contribution in [0.5, 0.6) is 0 Å². The molecule has 1 heterocycles. The Bertz CT molecular complexity index is 381. The third kappa shape index (κ3) is 3.47. The molecule has 2 N–H and O–H groups in total. The zero-order chi connectivity index (χ0) is 13.0. The van der Waals surface area contributed by atoms with Crippen molar-refractivity contribution in [3.8, 4) is 0 Å². The maximum atomic E-state index is 10.4. The Morgan fingerprint density at radius 1 is 1.44 bits per heavy atom. The summed E-state index contributed by atoms with van der Waals surface area (Å²) in [5.41, 5.74) is 0.914. The van der Waals surface area contributed by atoms with Gasteiger partial charge in [0.2, 0.25) is 0 Å². The normalized spacial score (nSPS) is 25.9. The molecule has 0 aromatic heterocycles. The number of nitrogens with one attached hydrogen (secondary N) is 1. The molecule has 1 fully saturated rings. The highest BCUT2D eigenvalue weighted by Crippen LogP contribution is 2.27. The Kier molecular flexibility index (Phi) is 5.04. The third-order valence-electron chi connectivity index (χ3n) is 3.73. The molecular formula is C15H22ClNO. The molecule has 1 aliphatic rings. The summed E-state index contributed by atoms with van der Waals surface area (Å²) in [6, 6.07) is 8.26. The molecule has 1 aliphatic heterocycles. The molecule has 18 heavy (non-hydrogen) atoms. The van der Waals surface area contributed by atoms with Gasteiger partial charge in [-0.1, -0.05) is 43.5 Å². The number of benzene rings is 1. The fraction of sp³-hybridized carbons (Fsp3) is 0.600. The first kappa shape index (κ1) is 13.9. The molecule has 0 amide bonds. The van der Waals surface area contributed by atoms with Gasteiger partial charge in [0, 0.05) is 17.1 Å². The first-order valence-electron chi connectivity index (χ1n) is 6.90. The van der Waals surface area contributed by atoms with Crippen LogP contribution in [0.4, 0.5) is 0 Å². The predicted octanol–water partition coefficient (Wildman–Crippen LogP) is 3.68. The highest BCUT2D eigenvalue weighted by Gasteiger charge is 2.26. The molecule has 0 bridgehead atoms. The first-order valence-corrected chi connectivity index (χ1v) is 7.28. The molecular weight excluding hydrogens is 246 g/mol. The minimum Gasteiger partial charge on any atom is -0.387 e.